The van der Waals surface area contributed by atoms with Crippen molar-refractivity contribution in [2.75, 3.05) is 20.3 Å². The number of rotatable bonds is 4. The van der Waals surface area contributed by atoms with E-state index in [0.717, 1.165) is 0 Å². The molecule has 1 amide bonds. The summed E-state index contributed by atoms with van der Waals surface area (Å²) in [5.74, 6) is 0. The number of amides is 1. The van der Waals surface area contributed by atoms with Gasteiger partial charge in [0.25, 0.3) is 0 Å². The van der Waals surface area contributed by atoms with Crippen LogP contribution in [0, 0.1) is 5.41 Å². The molecule has 5 nitrogen and oxygen atoms in total. The van der Waals surface area contributed by atoms with Crippen molar-refractivity contribution in [3.8, 4) is 0 Å². The lowest BCUT2D eigenvalue weighted by molar-refractivity contribution is -0.0266. The fraction of sp³-hybridized carbons (Fsp3) is 0.941. The topological polar surface area (TPSA) is 59.0 Å². The smallest absolute Gasteiger partial charge is 0.407 e. The fourth-order valence-corrected chi connectivity index (χ4v) is 4.51. The molecule has 0 radical (unpaired) electrons. The average Bonchev–Trinajstić information content (AvgIpc) is 2.66. The lowest BCUT2D eigenvalue weighted by Gasteiger charge is -2.46. The summed E-state index contributed by atoms with van der Waals surface area (Å²) in [6, 6.07) is 0. The van der Waals surface area contributed by atoms with Gasteiger partial charge in [0, 0.05) is 20.1 Å². The molecule has 6 heteroatoms. The molecule has 2 atom stereocenters. The van der Waals surface area contributed by atoms with Gasteiger partial charge in [0.1, 0.15) is 0 Å². The highest BCUT2D eigenvalue weighted by Gasteiger charge is 2.56. The van der Waals surface area contributed by atoms with Crippen LogP contribution >= 0.6 is 0 Å². The van der Waals surface area contributed by atoms with Crippen LogP contribution in [-0.4, -0.2) is 56.3 Å². The molecule has 1 aliphatic rings. The van der Waals surface area contributed by atoms with E-state index in [-0.39, 0.29) is 16.6 Å². The van der Waals surface area contributed by atoms with Gasteiger partial charge in [-0.2, -0.15) is 0 Å². The highest BCUT2D eigenvalue weighted by atomic mass is 28.4. The maximum atomic E-state index is 11.9. The zero-order valence-electron chi connectivity index (χ0n) is 16.3. The number of hydrogen-bond donors (Lipinski definition) is 1. The minimum absolute atomic E-state index is 0.0682. The molecule has 0 aliphatic carbocycles. The van der Waals surface area contributed by atoms with Gasteiger partial charge in [0.05, 0.1) is 18.2 Å². The summed E-state index contributed by atoms with van der Waals surface area (Å²) in [6.45, 7) is 18.1. The fourth-order valence-electron chi connectivity index (χ4n) is 3.17. The van der Waals surface area contributed by atoms with Crippen LogP contribution < -0.4 is 0 Å². The first-order valence-electron chi connectivity index (χ1n) is 8.35. The van der Waals surface area contributed by atoms with Crippen molar-refractivity contribution in [2.45, 2.75) is 77.7 Å². The summed E-state index contributed by atoms with van der Waals surface area (Å²) in [4.78, 5) is 13.4. The van der Waals surface area contributed by atoms with E-state index in [9.17, 15) is 9.90 Å². The number of carbonyl (C=O) groups is 1. The van der Waals surface area contributed by atoms with Crippen molar-refractivity contribution in [3.63, 3.8) is 0 Å². The van der Waals surface area contributed by atoms with Gasteiger partial charge in [0.15, 0.2) is 8.32 Å². The van der Waals surface area contributed by atoms with Crippen LogP contribution in [0.2, 0.25) is 18.1 Å². The van der Waals surface area contributed by atoms with E-state index in [4.69, 9.17) is 9.16 Å². The molecule has 0 aromatic heterocycles. The molecule has 136 valence electrons. The SMILES string of the molecule is COC[C@@]1(C(C)(C)C)C[C@@H](O[Si](C)(C)C(C)(C)C)CN1C(=O)O. The summed E-state index contributed by atoms with van der Waals surface area (Å²) in [5.41, 5.74) is -0.784. The maximum Gasteiger partial charge on any atom is 0.407 e. The molecule has 1 rings (SSSR count). The normalized spacial score (nSPS) is 26.7. The summed E-state index contributed by atoms with van der Waals surface area (Å²) >= 11 is 0. The predicted molar refractivity (Wildman–Crippen MR) is 95.5 cm³/mol. The predicted octanol–water partition coefficient (Wildman–Crippen LogP) is 4.19. The monoisotopic (exact) mass is 345 g/mol. The van der Waals surface area contributed by atoms with Gasteiger partial charge in [-0.3, -0.25) is 4.90 Å². The van der Waals surface area contributed by atoms with Crippen LogP contribution in [0.25, 0.3) is 0 Å². The zero-order chi connectivity index (χ0) is 18.3. The van der Waals surface area contributed by atoms with Gasteiger partial charge in [-0.05, 0) is 23.5 Å². The Hall–Kier alpha value is -0.593. The summed E-state index contributed by atoms with van der Waals surface area (Å²) in [5, 5.41) is 9.85. The Balaban J connectivity index is 3.13. The van der Waals surface area contributed by atoms with Crippen molar-refractivity contribution >= 4 is 14.4 Å². The van der Waals surface area contributed by atoms with Gasteiger partial charge in [0.2, 0.25) is 0 Å². The summed E-state index contributed by atoms with van der Waals surface area (Å²) in [6.07, 6.45) is -0.275. The zero-order valence-corrected chi connectivity index (χ0v) is 17.3. The third kappa shape index (κ3) is 3.91. The van der Waals surface area contributed by atoms with Gasteiger partial charge < -0.3 is 14.3 Å². The van der Waals surface area contributed by atoms with Crippen LogP contribution in [0.4, 0.5) is 4.79 Å². The minimum atomic E-state index is -1.94. The molecule has 1 N–H and O–H groups in total. The van der Waals surface area contributed by atoms with Crippen molar-refractivity contribution in [2.24, 2.45) is 5.41 Å². The summed E-state index contributed by atoms with van der Waals surface area (Å²) < 4.78 is 12.0. The third-order valence-corrected chi connectivity index (χ3v) is 10.3. The van der Waals surface area contributed by atoms with E-state index < -0.39 is 19.9 Å². The van der Waals surface area contributed by atoms with Crippen molar-refractivity contribution in [3.05, 3.63) is 0 Å². The average molecular weight is 346 g/mol. The van der Waals surface area contributed by atoms with Gasteiger partial charge >= 0.3 is 6.09 Å². The molecule has 0 aromatic rings. The minimum Gasteiger partial charge on any atom is -0.465 e. The van der Waals surface area contributed by atoms with Crippen LogP contribution in [0.5, 0.6) is 0 Å². The van der Waals surface area contributed by atoms with Crippen LogP contribution in [-0.2, 0) is 9.16 Å². The largest absolute Gasteiger partial charge is 0.465 e. The second-order valence-electron chi connectivity index (χ2n) is 9.31. The van der Waals surface area contributed by atoms with Crippen LogP contribution in [0.15, 0.2) is 0 Å². The Morgan fingerprint density at radius 2 is 1.78 bits per heavy atom. The van der Waals surface area contributed by atoms with Crippen molar-refractivity contribution in [1.29, 1.82) is 0 Å². The lowest BCUT2D eigenvalue weighted by atomic mass is 9.72. The van der Waals surface area contributed by atoms with Crippen molar-refractivity contribution in [1.82, 2.24) is 4.90 Å². The van der Waals surface area contributed by atoms with Crippen LogP contribution in [0.1, 0.15) is 48.0 Å². The second kappa shape index (κ2) is 6.37. The molecule has 0 spiro atoms. The Labute approximate surface area is 142 Å². The van der Waals surface area contributed by atoms with Crippen LogP contribution in [0.3, 0.4) is 0 Å². The molecule has 0 bridgehead atoms. The number of hydrogen-bond acceptors (Lipinski definition) is 3. The Kier molecular flexibility index (Phi) is 5.67. The summed E-state index contributed by atoms with van der Waals surface area (Å²) in [7, 11) is -0.305. The maximum absolute atomic E-state index is 11.9. The van der Waals surface area contributed by atoms with Gasteiger partial charge in [-0.15, -0.1) is 0 Å². The number of carboxylic acid groups (broad SMARTS) is 1. The van der Waals surface area contributed by atoms with E-state index in [1.54, 1.807) is 12.0 Å². The molecule has 1 heterocycles. The standard InChI is InChI=1S/C17H35NO4Si/c1-15(2,3)17(12-21-7)10-13(11-18(17)14(19)20)22-23(8,9)16(4,5)6/h13H,10-12H2,1-9H3,(H,19,20)/t13-,17-/m1/s1. The molecular formula is C17H35NO4Si. The van der Waals surface area contributed by atoms with Gasteiger partial charge in [-0.25, -0.2) is 4.79 Å². The van der Waals surface area contributed by atoms with E-state index in [1.807, 2.05) is 0 Å². The lowest BCUT2D eigenvalue weighted by Crippen LogP contribution is -2.58. The second-order valence-corrected chi connectivity index (χ2v) is 14.1. The van der Waals surface area contributed by atoms with E-state index in [2.05, 4.69) is 54.6 Å². The van der Waals surface area contributed by atoms with E-state index in [0.29, 0.717) is 19.6 Å². The molecule has 0 unspecified atom stereocenters. The number of likely N-dealkylation sites (tertiary alicyclic amines) is 1. The van der Waals surface area contributed by atoms with Crippen molar-refractivity contribution < 1.29 is 19.1 Å². The molecule has 23 heavy (non-hydrogen) atoms. The molecular weight excluding hydrogens is 310 g/mol. The van der Waals surface area contributed by atoms with E-state index in [1.165, 1.54) is 0 Å². The third-order valence-electron chi connectivity index (χ3n) is 5.75. The molecule has 1 saturated heterocycles. The molecule has 0 saturated carbocycles. The quantitative estimate of drug-likeness (QED) is 0.776. The first-order valence-corrected chi connectivity index (χ1v) is 11.3. The first-order chi connectivity index (χ1) is 10.2. The Morgan fingerprint density at radius 1 is 1.26 bits per heavy atom. The first kappa shape index (κ1) is 20.5. The Morgan fingerprint density at radius 3 is 2.13 bits per heavy atom. The highest BCUT2D eigenvalue weighted by Crippen LogP contribution is 2.47. The molecule has 1 fully saturated rings. The van der Waals surface area contributed by atoms with Gasteiger partial charge in [-0.1, -0.05) is 41.5 Å². The number of nitrogens with zero attached hydrogens (tertiary/aromatic N) is 1. The number of methoxy groups -OCH3 is 1. The highest BCUT2D eigenvalue weighted by molar-refractivity contribution is 6.74. The Bertz CT molecular complexity index is 439. The number of ether oxygens (including phenoxy) is 1. The molecule has 0 aromatic carbocycles. The van der Waals surface area contributed by atoms with E-state index >= 15 is 0 Å². The molecule has 1 aliphatic heterocycles.